The van der Waals surface area contributed by atoms with Gasteiger partial charge in [0.15, 0.2) is 5.96 Å². The van der Waals surface area contributed by atoms with Crippen molar-refractivity contribution in [3.8, 4) is 0 Å². The highest BCUT2D eigenvalue weighted by Gasteiger charge is 2.23. The summed E-state index contributed by atoms with van der Waals surface area (Å²) in [7, 11) is 3.97. The summed E-state index contributed by atoms with van der Waals surface area (Å²) in [5.74, 6) is 0.880. The highest BCUT2D eigenvalue weighted by Crippen LogP contribution is 2.23. The number of rotatable bonds is 6. The molecule has 1 aliphatic rings. The molecule has 1 aromatic rings. The molecule has 1 aliphatic heterocycles. The number of nitrogens with zero attached hydrogens (tertiary/aromatic N) is 3. The van der Waals surface area contributed by atoms with Gasteiger partial charge in [-0.25, -0.2) is 0 Å². The van der Waals surface area contributed by atoms with Crippen molar-refractivity contribution in [1.29, 1.82) is 0 Å². The molecule has 1 aromatic carbocycles. The van der Waals surface area contributed by atoms with Gasteiger partial charge in [-0.15, -0.1) is 24.0 Å². The van der Waals surface area contributed by atoms with Crippen LogP contribution in [0.15, 0.2) is 29.3 Å². The van der Waals surface area contributed by atoms with Crippen LogP contribution in [0.25, 0.3) is 0 Å². The van der Waals surface area contributed by atoms with E-state index in [0.717, 1.165) is 43.6 Å². The second kappa shape index (κ2) is 11.1. The zero-order valence-electron chi connectivity index (χ0n) is 15.6. The van der Waals surface area contributed by atoms with Gasteiger partial charge in [0, 0.05) is 56.0 Å². The minimum Gasteiger partial charge on any atom is -0.369 e. The van der Waals surface area contributed by atoms with Crippen LogP contribution in [0.2, 0.25) is 5.02 Å². The molecule has 0 saturated carbocycles. The number of hydrogen-bond acceptors (Lipinski definition) is 3. The van der Waals surface area contributed by atoms with E-state index in [9.17, 15) is 0 Å². The fourth-order valence-electron chi connectivity index (χ4n) is 2.78. The lowest BCUT2D eigenvalue weighted by molar-refractivity contribution is 0.278. The van der Waals surface area contributed by atoms with Gasteiger partial charge in [0.05, 0.1) is 0 Å². The summed E-state index contributed by atoms with van der Waals surface area (Å²) in [5, 5.41) is 7.72. The fourth-order valence-corrected chi connectivity index (χ4v) is 2.97. The molecule has 1 heterocycles. The van der Waals surface area contributed by atoms with E-state index in [4.69, 9.17) is 11.6 Å². The van der Waals surface area contributed by atoms with Crippen LogP contribution in [0.4, 0.5) is 5.69 Å². The zero-order chi connectivity index (χ0) is 17.5. The third-order valence-corrected chi connectivity index (χ3v) is 4.80. The van der Waals surface area contributed by atoms with Gasteiger partial charge in [0.25, 0.3) is 0 Å². The van der Waals surface area contributed by atoms with Crippen LogP contribution >= 0.6 is 35.6 Å². The second-order valence-corrected chi connectivity index (χ2v) is 7.07. The molecule has 1 fully saturated rings. The standard InChI is InChI=1S/C18H30ClN5.HI/c1-14(2)23(4)11-9-21-18(20-3)22-16-8-10-24(13-16)17-7-5-6-15(19)12-17;/h5-7,12,14,16H,8-11,13H2,1-4H3,(H2,20,21,22);1H. The zero-order valence-corrected chi connectivity index (χ0v) is 18.7. The average molecular weight is 480 g/mol. The van der Waals surface area contributed by atoms with Crippen molar-refractivity contribution in [3.63, 3.8) is 0 Å². The van der Waals surface area contributed by atoms with Crippen LogP contribution in [0, 0.1) is 0 Å². The van der Waals surface area contributed by atoms with E-state index in [2.05, 4.69) is 52.4 Å². The first-order valence-corrected chi connectivity index (χ1v) is 9.05. The largest absolute Gasteiger partial charge is 0.369 e. The van der Waals surface area contributed by atoms with Crippen LogP contribution in [-0.2, 0) is 0 Å². The number of likely N-dealkylation sites (N-methyl/N-ethyl adjacent to an activating group) is 1. The predicted molar refractivity (Wildman–Crippen MR) is 120 cm³/mol. The first-order chi connectivity index (χ1) is 11.5. The second-order valence-electron chi connectivity index (χ2n) is 6.63. The van der Waals surface area contributed by atoms with Crippen LogP contribution in [0.1, 0.15) is 20.3 Å². The molecule has 0 aliphatic carbocycles. The van der Waals surface area contributed by atoms with Crippen LogP contribution in [0.3, 0.4) is 0 Å². The molecule has 0 amide bonds. The summed E-state index contributed by atoms with van der Waals surface area (Å²) in [5.41, 5.74) is 1.19. The van der Waals surface area contributed by atoms with Gasteiger partial charge in [-0.05, 0) is 45.5 Å². The molecule has 0 radical (unpaired) electrons. The maximum Gasteiger partial charge on any atom is 0.191 e. The molecule has 25 heavy (non-hydrogen) atoms. The van der Waals surface area contributed by atoms with E-state index in [1.807, 2.05) is 25.2 Å². The molecule has 1 saturated heterocycles. The summed E-state index contributed by atoms with van der Waals surface area (Å²) in [4.78, 5) is 9.02. The summed E-state index contributed by atoms with van der Waals surface area (Å²) in [6, 6.07) is 9.02. The molecule has 2 rings (SSSR count). The first-order valence-electron chi connectivity index (χ1n) is 8.67. The molecule has 0 aromatic heterocycles. The van der Waals surface area contributed by atoms with Gasteiger partial charge in [-0.2, -0.15) is 0 Å². The van der Waals surface area contributed by atoms with Crippen LogP contribution in [-0.4, -0.2) is 63.2 Å². The summed E-state index contributed by atoms with van der Waals surface area (Å²) in [6.45, 7) is 8.29. The van der Waals surface area contributed by atoms with E-state index in [0.29, 0.717) is 12.1 Å². The lowest BCUT2D eigenvalue weighted by atomic mass is 10.2. The quantitative estimate of drug-likeness (QED) is 0.374. The average Bonchev–Trinajstić information content (AvgIpc) is 3.02. The highest BCUT2D eigenvalue weighted by molar-refractivity contribution is 14.0. The smallest absolute Gasteiger partial charge is 0.191 e. The Morgan fingerprint density at radius 1 is 1.44 bits per heavy atom. The third-order valence-electron chi connectivity index (χ3n) is 4.56. The molecule has 7 heteroatoms. The van der Waals surface area contributed by atoms with E-state index in [-0.39, 0.29) is 24.0 Å². The van der Waals surface area contributed by atoms with Crippen molar-refractivity contribution in [1.82, 2.24) is 15.5 Å². The maximum absolute atomic E-state index is 6.10. The van der Waals surface area contributed by atoms with E-state index in [1.165, 1.54) is 5.69 Å². The van der Waals surface area contributed by atoms with Crippen molar-refractivity contribution in [2.24, 2.45) is 4.99 Å². The number of guanidine groups is 1. The Bertz CT molecular complexity index is 552. The molecule has 2 N–H and O–H groups in total. The van der Waals surface area contributed by atoms with Crippen molar-refractivity contribution in [2.75, 3.05) is 45.2 Å². The lowest BCUT2D eigenvalue weighted by Gasteiger charge is -2.23. The molecular weight excluding hydrogens is 449 g/mol. The Kier molecular flexibility index (Phi) is 9.89. The number of halogens is 2. The number of aliphatic imine (C=N–C) groups is 1. The monoisotopic (exact) mass is 479 g/mol. The SMILES string of the molecule is CN=C(NCCN(C)C(C)C)NC1CCN(c2cccc(Cl)c2)C1.I. The number of hydrogen-bond donors (Lipinski definition) is 2. The third kappa shape index (κ3) is 7.19. The van der Waals surface area contributed by atoms with Crippen molar-refractivity contribution >= 4 is 47.2 Å². The Balaban J connectivity index is 0.00000312. The van der Waals surface area contributed by atoms with Gasteiger partial charge in [0.2, 0.25) is 0 Å². The molecular formula is C18H31ClIN5. The summed E-state index contributed by atoms with van der Waals surface area (Å²) < 4.78 is 0. The fraction of sp³-hybridized carbons (Fsp3) is 0.611. The number of anilines is 1. The maximum atomic E-state index is 6.10. The predicted octanol–water partition coefficient (Wildman–Crippen LogP) is 3.04. The van der Waals surface area contributed by atoms with Crippen molar-refractivity contribution in [2.45, 2.75) is 32.4 Å². The van der Waals surface area contributed by atoms with Crippen LogP contribution in [0.5, 0.6) is 0 Å². The summed E-state index contributed by atoms with van der Waals surface area (Å²) in [6.07, 6.45) is 1.10. The van der Waals surface area contributed by atoms with Gasteiger partial charge in [-0.3, -0.25) is 4.99 Å². The highest BCUT2D eigenvalue weighted by atomic mass is 127. The first kappa shape index (κ1) is 22.3. The van der Waals surface area contributed by atoms with E-state index < -0.39 is 0 Å². The van der Waals surface area contributed by atoms with Gasteiger partial charge in [0.1, 0.15) is 0 Å². The van der Waals surface area contributed by atoms with Gasteiger partial charge < -0.3 is 20.4 Å². The Hall–Kier alpha value is -0.730. The molecule has 1 atom stereocenters. The molecule has 0 bridgehead atoms. The minimum atomic E-state index is 0. The van der Waals surface area contributed by atoms with Gasteiger partial charge in [-0.1, -0.05) is 17.7 Å². The lowest BCUT2D eigenvalue weighted by Crippen LogP contribution is -2.46. The Morgan fingerprint density at radius 3 is 2.84 bits per heavy atom. The molecule has 142 valence electrons. The molecule has 1 unspecified atom stereocenters. The molecule has 5 nitrogen and oxygen atoms in total. The number of nitrogens with one attached hydrogen (secondary N) is 2. The topological polar surface area (TPSA) is 42.9 Å². The Morgan fingerprint density at radius 2 is 2.20 bits per heavy atom. The van der Waals surface area contributed by atoms with Crippen LogP contribution < -0.4 is 15.5 Å². The molecule has 0 spiro atoms. The van der Waals surface area contributed by atoms with Crippen molar-refractivity contribution < 1.29 is 0 Å². The summed E-state index contributed by atoms with van der Waals surface area (Å²) >= 11 is 6.10. The Labute approximate surface area is 174 Å². The van der Waals surface area contributed by atoms with Crippen molar-refractivity contribution in [3.05, 3.63) is 29.3 Å². The van der Waals surface area contributed by atoms with E-state index >= 15 is 0 Å². The van der Waals surface area contributed by atoms with Gasteiger partial charge >= 0.3 is 0 Å². The normalized spacial score (nSPS) is 17.8. The van der Waals surface area contributed by atoms with E-state index in [1.54, 1.807) is 0 Å². The number of benzene rings is 1. The minimum absolute atomic E-state index is 0.